The molecule has 0 aliphatic heterocycles. The Hall–Kier alpha value is -8.54. The molecule has 3 N–H and O–H groups in total. The zero-order valence-electron chi connectivity index (χ0n) is 34.9. The van der Waals surface area contributed by atoms with Gasteiger partial charge in [0.2, 0.25) is 5.89 Å². The van der Waals surface area contributed by atoms with Crippen LogP contribution in [-0.2, 0) is 5.41 Å². The van der Waals surface area contributed by atoms with E-state index in [0.29, 0.717) is 11.6 Å². The number of anilines is 1. The molecule has 9 aromatic carbocycles. The smallest absolute Gasteiger partial charge is 0.227 e. The van der Waals surface area contributed by atoms with E-state index in [2.05, 4.69) is 144 Å². The Morgan fingerprint density at radius 2 is 1.06 bits per heavy atom. The molecule has 1 aromatic heterocycles. The molecule has 0 saturated heterocycles. The Kier molecular flexibility index (Phi) is 9.83. The van der Waals surface area contributed by atoms with Crippen LogP contribution in [0.3, 0.4) is 0 Å². The van der Waals surface area contributed by atoms with E-state index >= 15 is 0 Å². The van der Waals surface area contributed by atoms with Gasteiger partial charge in [-0.05, 0) is 121 Å². The fraction of sp³-hybridized carbons (Fsp3) is 0.0169. The summed E-state index contributed by atoms with van der Waals surface area (Å²) in [5.41, 5.74) is 24.5. The van der Waals surface area contributed by atoms with Gasteiger partial charge in [-0.15, -0.1) is 0 Å². The first kappa shape index (κ1) is 38.4. The number of oxazole rings is 1. The van der Waals surface area contributed by atoms with Crippen molar-refractivity contribution in [3.8, 4) is 44.8 Å². The average molecular weight is 823 g/mol. The molecule has 1 aliphatic rings. The topological polar surface area (TPSA) is 73.9 Å². The molecule has 10 aromatic rings. The number of hydrogen-bond acceptors (Lipinski definition) is 5. The number of hydrogen-bond donors (Lipinski definition) is 3. The number of nitrogens with one attached hydrogen (secondary N) is 3. The van der Waals surface area contributed by atoms with Crippen LogP contribution in [0.4, 0.5) is 5.69 Å². The van der Waals surface area contributed by atoms with Gasteiger partial charge in [-0.25, -0.2) is 4.98 Å². The first-order valence-electron chi connectivity index (χ1n) is 21.5. The lowest BCUT2D eigenvalue weighted by molar-refractivity contribution is 0.619. The van der Waals surface area contributed by atoms with Crippen molar-refractivity contribution in [2.24, 2.45) is 0 Å². The van der Waals surface area contributed by atoms with Crippen LogP contribution >= 0.6 is 0 Å². The standard InChI is InChI=1S/C59H42N4O/c60-54(40-17-5-1-6-18-40)39-55(41-19-7-2-8-20-41)63-62-49-28-16-25-45(36-49)43-23-15-24-44(35-43)46-31-33-53-51(37-46)50-29-13-14-30-52(50)59(53,47-26-11-4-12-27-47)48-32-34-57-56(38-48)61-58(64-57)42-21-9-3-10-22-42/h1-39,60,62-63H/b55-39-,60-54?. The van der Waals surface area contributed by atoms with Gasteiger partial charge in [0.15, 0.2) is 5.58 Å². The van der Waals surface area contributed by atoms with E-state index in [1.807, 2.05) is 103 Å². The minimum Gasteiger partial charge on any atom is -0.436 e. The maximum Gasteiger partial charge on any atom is 0.227 e. The lowest BCUT2D eigenvalue weighted by Gasteiger charge is -2.33. The number of nitrogens with zero attached hydrogens (tertiary/aromatic N) is 1. The van der Waals surface area contributed by atoms with E-state index in [1.54, 1.807) is 0 Å². The second kappa shape index (κ2) is 16.4. The van der Waals surface area contributed by atoms with Gasteiger partial charge in [0, 0.05) is 5.56 Å². The second-order valence-corrected chi connectivity index (χ2v) is 16.1. The Balaban J connectivity index is 0.940. The van der Waals surface area contributed by atoms with Gasteiger partial charge in [-0.2, -0.15) is 0 Å². The lowest BCUT2D eigenvalue weighted by atomic mass is 9.67. The first-order valence-corrected chi connectivity index (χ1v) is 21.5. The summed E-state index contributed by atoms with van der Waals surface area (Å²) in [6, 6.07) is 80.3. The second-order valence-electron chi connectivity index (χ2n) is 16.1. The minimum absolute atomic E-state index is 0.422. The molecule has 1 unspecified atom stereocenters. The molecule has 64 heavy (non-hydrogen) atoms. The molecule has 0 saturated carbocycles. The molecule has 1 atom stereocenters. The van der Waals surface area contributed by atoms with Gasteiger partial charge in [-0.1, -0.05) is 182 Å². The van der Waals surface area contributed by atoms with Crippen LogP contribution in [0.25, 0.3) is 61.6 Å². The largest absolute Gasteiger partial charge is 0.436 e. The van der Waals surface area contributed by atoms with Crippen molar-refractivity contribution in [2.75, 3.05) is 5.43 Å². The zero-order chi connectivity index (χ0) is 42.9. The van der Waals surface area contributed by atoms with Gasteiger partial charge in [0.1, 0.15) is 5.52 Å². The summed E-state index contributed by atoms with van der Waals surface area (Å²) in [4.78, 5) is 5.01. The Labute approximate surface area is 372 Å². The monoisotopic (exact) mass is 822 g/mol. The van der Waals surface area contributed by atoms with E-state index in [9.17, 15) is 0 Å². The van der Waals surface area contributed by atoms with Crippen LogP contribution in [0.1, 0.15) is 33.4 Å². The Bertz CT molecular complexity index is 3340. The normalized spacial score (nSPS) is 14.2. The molecule has 304 valence electrons. The third-order valence-corrected chi connectivity index (χ3v) is 12.3. The number of fused-ring (bicyclic) bond motifs is 4. The summed E-state index contributed by atoms with van der Waals surface area (Å²) in [6.07, 6.45) is 1.86. The van der Waals surface area contributed by atoms with E-state index in [1.165, 1.54) is 27.8 Å². The van der Waals surface area contributed by atoms with E-state index in [4.69, 9.17) is 14.8 Å². The molecule has 5 nitrogen and oxygen atoms in total. The van der Waals surface area contributed by atoms with Crippen molar-refractivity contribution >= 4 is 28.2 Å². The highest BCUT2D eigenvalue weighted by atomic mass is 16.3. The summed E-state index contributed by atoms with van der Waals surface area (Å²) in [5, 5.41) is 8.81. The quantitative estimate of drug-likeness (QED) is 0.0897. The number of aromatic nitrogens is 1. The fourth-order valence-electron chi connectivity index (χ4n) is 9.25. The number of hydrazine groups is 1. The molecule has 1 heterocycles. The van der Waals surface area contributed by atoms with Crippen molar-refractivity contribution in [2.45, 2.75) is 5.41 Å². The SMILES string of the molecule is N=C(/C=C(\NNc1cccc(-c2cccc(-c3ccc4c(c3)-c3ccccc3C4(c3ccccc3)c3ccc4oc(-c5ccccc5)nc4c3)c2)c1)c1ccccc1)c1ccccc1. The van der Waals surface area contributed by atoms with Gasteiger partial charge in [0.05, 0.1) is 22.5 Å². The molecule has 0 fully saturated rings. The number of allylic oxidation sites excluding steroid dienone is 1. The summed E-state index contributed by atoms with van der Waals surface area (Å²) in [6.45, 7) is 0. The molecule has 0 amide bonds. The van der Waals surface area contributed by atoms with Crippen LogP contribution in [0.5, 0.6) is 0 Å². The first-order chi connectivity index (χ1) is 31.6. The van der Waals surface area contributed by atoms with Crippen molar-refractivity contribution < 1.29 is 4.42 Å². The van der Waals surface area contributed by atoms with E-state index < -0.39 is 5.41 Å². The maximum absolute atomic E-state index is 8.81. The van der Waals surface area contributed by atoms with Crippen molar-refractivity contribution in [1.82, 2.24) is 10.4 Å². The van der Waals surface area contributed by atoms with E-state index in [0.717, 1.165) is 67.0 Å². The third kappa shape index (κ3) is 6.95. The average Bonchev–Trinajstić information content (AvgIpc) is 3.94. The highest BCUT2D eigenvalue weighted by Crippen LogP contribution is 2.57. The summed E-state index contributed by atoms with van der Waals surface area (Å²) in [7, 11) is 0. The zero-order valence-corrected chi connectivity index (χ0v) is 34.9. The van der Waals surface area contributed by atoms with Gasteiger partial charge in [0.25, 0.3) is 0 Å². The van der Waals surface area contributed by atoms with Crippen LogP contribution < -0.4 is 10.9 Å². The lowest BCUT2D eigenvalue weighted by Crippen LogP contribution is -2.28. The van der Waals surface area contributed by atoms with Crippen molar-refractivity contribution in [1.29, 1.82) is 5.41 Å². The molecule has 5 heteroatoms. The summed E-state index contributed by atoms with van der Waals surface area (Å²) < 4.78 is 6.30. The van der Waals surface area contributed by atoms with Gasteiger partial charge >= 0.3 is 0 Å². The highest BCUT2D eigenvalue weighted by molar-refractivity contribution is 6.10. The summed E-state index contributed by atoms with van der Waals surface area (Å²) >= 11 is 0. The van der Waals surface area contributed by atoms with Crippen molar-refractivity contribution in [3.63, 3.8) is 0 Å². The van der Waals surface area contributed by atoms with Crippen molar-refractivity contribution in [3.05, 3.63) is 270 Å². The summed E-state index contributed by atoms with van der Waals surface area (Å²) in [5.74, 6) is 0.617. The van der Waals surface area contributed by atoms with Crippen LogP contribution in [0.2, 0.25) is 0 Å². The predicted molar refractivity (Wildman–Crippen MR) is 262 cm³/mol. The molecule has 0 spiro atoms. The number of benzene rings is 9. The molecule has 0 bridgehead atoms. The third-order valence-electron chi connectivity index (χ3n) is 12.3. The molecule has 11 rings (SSSR count). The van der Waals surface area contributed by atoms with Crippen LogP contribution in [-0.4, -0.2) is 10.7 Å². The minimum atomic E-state index is -0.577. The van der Waals surface area contributed by atoms with Gasteiger partial charge in [-0.3, -0.25) is 0 Å². The van der Waals surface area contributed by atoms with E-state index in [-0.39, 0.29) is 0 Å². The predicted octanol–water partition coefficient (Wildman–Crippen LogP) is 14.2. The van der Waals surface area contributed by atoms with Crippen LogP contribution in [0, 0.1) is 5.41 Å². The molecule has 1 aliphatic carbocycles. The molecular formula is C59H42N4O. The maximum atomic E-state index is 8.81. The number of rotatable bonds is 11. The fourth-order valence-corrected chi connectivity index (χ4v) is 9.25. The van der Waals surface area contributed by atoms with Gasteiger partial charge < -0.3 is 20.7 Å². The Morgan fingerprint density at radius 1 is 0.469 bits per heavy atom. The Morgan fingerprint density at radius 3 is 1.81 bits per heavy atom. The molecular weight excluding hydrogens is 781 g/mol. The molecule has 0 radical (unpaired) electrons. The highest BCUT2D eigenvalue weighted by Gasteiger charge is 2.46. The van der Waals surface area contributed by atoms with Crippen LogP contribution in [0.15, 0.2) is 241 Å².